The predicted molar refractivity (Wildman–Crippen MR) is 231 cm³/mol. The highest BCUT2D eigenvalue weighted by Crippen LogP contribution is 2.50. The molecule has 1 aliphatic carbocycles. The molecule has 1 aromatic heterocycles. The molecule has 14 heteroatoms. The number of rotatable bonds is 6. The van der Waals surface area contributed by atoms with Crippen molar-refractivity contribution in [1.82, 2.24) is 15.2 Å². The third-order valence-corrected chi connectivity index (χ3v) is 13.4. The Kier molecular flexibility index (Phi) is 10.7. The third kappa shape index (κ3) is 6.91. The molecule has 14 nitrogen and oxygen atoms in total. The fourth-order valence-electron chi connectivity index (χ4n) is 10.1. The van der Waals surface area contributed by atoms with Gasteiger partial charge in [0.1, 0.15) is 41.7 Å². The van der Waals surface area contributed by atoms with Gasteiger partial charge in [-0.25, -0.2) is 0 Å². The minimum atomic E-state index is -2.45. The van der Waals surface area contributed by atoms with Crippen LogP contribution in [0.1, 0.15) is 91.8 Å². The number of phenolic OH excluding ortho intramolecular Hbond substituents is 1. The summed E-state index contributed by atoms with van der Waals surface area (Å²) >= 11 is 0. The smallest absolute Gasteiger partial charge is 0.254 e. The molecule has 5 heterocycles. The first-order valence-electron chi connectivity index (χ1n) is 21.5. The number of aromatic amines is 1. The van der Waals surface area contributed by atoms with Crippen LogP contribution in [0.2, 0.25) is 0 Å². The molecule has 10 rings (SSSR count). The summed E-state index contributed by atoms with van der Waals surface area (Å²) in [5.41, 5.74) is 3.21. The quantitative estimate of drug-likeness (QED) is 0.124. The molecule has 6 atom stereocenters. The number of ether oxygens (including phenoxy) is 5. The monoisotopic (exact) mass is 855 g/mol. The largest absolute Gasteiger partial charge is 0.506 e. The third-order valence-electron chi connectivity index (χ3n) is 13.4. The van der Waals surface area contributed by atoms with E-state index in [1.54, 1.807) is 30.4 Å². The van der Waals surface area contributed by atoms with Gasteiger partial charge >= 0.3 is 0 Å². The highest BCUT2D eigenvalue weighted by molar-refractivity contribution is 6.11. The van der Waals surface area contributed by atoms with Crippen LogP contribution < -0.4 is 14.8 Å². The minimum Gasteiger partial charge on any atom is -0.506 e. The number of aromatic nitrogens is 1. The van der Waals surface area contributed by atoms with E-state index in [1.807, 2.05) is 37.5 Å². The molecule has 6 N–H and O–H groups in total. The number of nitrogens with zero attached hydrogens (tertiary/aromatic N) is 1. The lowest BCUT2D eigenvalue weighted by Gasteiger charge is -2.47. The maximum atomic E-state index is 14.8. The lowest BCUT2D eigenvalue weighted by Crippen LogP contribution is -2.70. The van der Waals surface area contributed by atoms with Crippen LogP contribution in [0.4, 0.5) is 0 Å². The van der Waals surface area contributed by atoms with Gasteiger partial charge in [0, 0.05) is 47.7 Å². The topological polar surface area (TPSA) is 192 Å². The second-order valence-corrected chi connectivity index (χ2v) is 17.1. The van der Waals surface area contributed by atoms with Crippen molar-refractivity contribution in [2.45, 2.75) is 87.4 Å². The zero-order valence-electron chi connectivity index (χ0n) is 35.0. The number of Topliss-reactive ketones (excluding diaryl/α,β-unsaturated/α-hetero) is 1. The summed E-state index contributed by atoms with van der Waals surface area (Å²) in [4.78, 5) is 33.6. The highest BCUT2D eigenvalue weighted by Gasteiger charge is 2.59. The van der Waals surface area contributed by atoms with Gasteiger partial charge in [0.15, 0.2) is 17.5 Å². The van der Waals surface area contributed by atoms with Crippen LogP contribution in [-0.2, 0) is 33.7 Å². The zero-order chi connectivity index (χ0) is 43.6. The predicted octanol–water partition coefficient (Wildman–Crippen LogP) is 5.13. The van der Waals surface area contributed by atoms with E-state index in [0.29, 0.717) is 34.4 Å². The average molecular weight is 856 g/mol. The van der Waals surface area contributed by atoms with Crippen LogP contribution in [-0.4, -0.2) is 106 Å². The van der Waals surface area contributed by atoms with Crippen LogP contribution in [0.3, 0.4) is 0 Å². The fraction of sp³-hybridized carbons (Fsp3) is 0.388. The molecular formula is C49H49N3O11. The Balaban J connectivity index is 1.23. The van der Waals surface area contributed by atoms with Crippen molar-refractivity contribution in [3.63, 3.8) is 0 Å². The molecular weight excluding hydrogens is 807 g/mol. The first-order chi connectivity index (χ1) is 30.6. The van der Waals surface area contributed by atoms with Crippen LogP contribution in [0.15, 0.2) is 60.8 Å². The summed E-state index contributed by atoms with van der Waals surface area (Å²) in [6.45, 7) is -0.724. The molecule has 8 bridgehead atoms. The number of benzene rings is 4. The van der Waals surface area contributed by atoms with Gasteiger partial charge in [0.2, 0.25) is 6.29 Å². The Labute approximate surface area is 363 Å². The number of hydrogen-bond acceptors (Lipinski definition) is 12. The van der Waals surface area contributed by atoms with Crippen LogP contribution in [0, 0.1) is 12.0 Å². The van der Waals surface area contributed by atoms with E-state index in [1.165, 1.54) is 12.0 Å². The number of carbonyl (C=O) groups is 2. The molecule has 4 aliphatic heterocycles. The van der Waals surface area contributed by atoms with E-state index < -0.39 is 48.7 Å². The van der Waals surface area contributed by atoms with Crippen molar-refractivity contribution in [1.29, 1.82) is 0 Å². The standard InChI is InChI=1S/C49H49N3O11/c1-50-20-26-12-14-36-33(17-26)34(21-51-36)38-15-13-31-39(59-2)19-29-18-32(27-7-3-4-8-27)42-37(54)23-52-22-35-28(9-5-11-30(35)47(52)57)10-6-16-60-46-43(55)40(24-61-38)62-48(49(46,58)25-53)63-45(31)41(29)44(42)56/h5,9,11-15,17-19,21,27,38,40,43,46,48,50-51,53,55-56,58H,3-4,7-8,10,20,22-25H2,1-2H3. The molecule has 1 amide bonds. The van der Waals surface area contributed by atoms with Gasteiger partial charge in [-0.2, -0.15) is 0 Å². The number of aliphatic hydroxyl groups is 3. The normalized spacial score (nSPS) is 25.9. The Bertz CT molecular complexity index is 2750. The summed E-state index contributed by atoms with van der Waals surface area (Å²) in [5, 5.41) is 52.9. The Morgan fingerprint density at radius 1 is 1.08 bits per heavy atom. The summed E-state index contributed by atoms with van der Waals surface area (Å²) in [5.74, 6) is 2.10. The average Bonchev–Trinajstić information content (AvgIpc) is 4.04. The van der Waals surface area contributed by atoms with Gasteiger partial charge < -0.3 is 59.3 Å². The minimum absolute atomic E-state index is 0.0340. The number of methoxy groups -OCH3 is 1. The van der Waals surface area contributed by atoms with Crippen LogP contribution in [0.25, 0.3) is 27.8 Å². The van der Waals surface area contributed by atoms with Crippen molar-refractivity contribution in [2.75, 3.05) is 33.9 Å². The first kappa shape index (κ1) is 41.1. The molecule has 5 aromatic rings. The fourth-order valence-corrected chi connectivity index (χ4v) is 10.1. The lowest BCUT2D eigenvalue weighted by atomic mass is 9.86. The van der Waals surface area contributed by atoms with E-state index in [2.05, 4.69) is 28.4 Å². The molecule has 0 radical (unpaired) electrons. The molecule has 5 aliphatic rings. The SMILES string of the molecule is CNCc1ccc2[nH]cc(C3C=Cc4c(OC)cc5cc(C6CCCC6)c6c(O)c5c4OC4OC(CO3)C(O)C(OC#CCc3cccc5c3CN(CC6=O)C5=O)C4(O)CO)c2c1. The highest BCUT2D eigenvalue weighted by atomic mass is 16.7. The van der Waals surface area contributed by atoms with Crippen LogP contribution >= 0.6 is 0 Å². The van der Waals surface area contributed by atoms with Gasteiger partial charge in [-0.3, -0.25) is 9.59 Å². The van der Waals surface area contributed by atoms with Crippen LogP contribution in [0.5, 0.6) is 17.2 Å². The van der Waals surface area contributed by atoms with Crippen molar-refractivity contribution >= 4 is 39.4 Å². The first-order valence-corrected chi connectivity index (χ1v) is 21.5. The second-order valence-electron chi connectivity index (χ2n) is 17.1. The summed E-state index contributed by atoms with van der Waals surface area (Å²) < 4.78 is 31.9. The summed E-state index contributed by atoms with van der Waals surface area (Å²) in [7, 11) is 3.38. The van der Waals surface area contributed by atoms with Crippen molar-refractivity contribution in [3.8, 4) is 29.3 Å². The van der Waals surface area contributed by atoms with Crippen molar-refractivity contribution < 1.29 is 53.7 Å². The van der Waals surface area contributed by atoms with Gasteiger partial charge in [-0.05, 0) is 89.9 Å². The maximum Gasteiger partial charge on any atom is 0.254 e. The molecule has 6 unspecified atom stereocenters. The van der Waals surface area contributed by atoms with E-state index >= 15 is 0 Å². The lowest BCUT2D eigenvalue weighted by molar-refractivity contribution is -0.328. The number of fused-ring (bicyclic) bond motifs is 5. The Morgan fingerprint density at radius 3 is 2.71 bits per heavy atom. The molecule has 1 saturated heterocycles. The van der Waals surface area contributed by atoms with E-state index in [9.17, 15) is 30.0 Å². The maximum absolute atomic E-state index is 14.8. The Hall–Kier alpha value is -5.92. The van der Waals surface area contributed by atoms with Gasteiger partial charge in [-0.1, -0.05) is 43.0 Å². The number of amides is 1. The van der Waals surface area contributed by atoms with E-state index in [4.69, 9.17) is 23.7 Å². The number of ketones is 1. The van der Waals surface area contributed by atoms with Gasteiger partial charge in [0.25, 0.3) is 5.91 Å². The summed E-state index contributed by atoms with van der Waals surface area (Å²) in [6.07, 6.45) is 4.76. The van der Waals surface area contributed by atoms with E-state index in [-0.39, 0.29) is 60.4 Å². The number of H-pyrrole nitrogens is 1. The number of hydrogen-bond donors (Lipinski definition) is 6. The molecule has 0 spiro atoms. The second kappa shape index (κ2) is 16.3. The number of carbonyl (C=O) groups excluding carboxylic acids is 2. The van der Waals surface area contributed by atoms with Crippen molar-refractivity contribution in [2.24, 2.45) is 0 Å². The van der Waals surface area contributed by atoms with Gasteiger partial charge in [-0.15, -0.1) is 0 Å². The van der Waals surface area contributed by atoms with Gasteiger partial charge in [0.05, 0.1) is 43.4 Å². The number of phenols is 1. The molecule has 4 aromatic carbocycles. The number of nitrogens with one attached hydrogen (secondary N) is 2. The molecule has 2 fully saturated rings. The Morgan fingerprint density at radius 2 is 1.92 bits per heavy atom. The van der Waals surface area contributed by atoms with Crippen molar-refractivity contribution in [3.05, 3.63) is 105 Å². The zero-order valence-corrected chi connectivity index (χ0v) is 35.0. The molecule has 326 valence electrons. The van der Waals surface area contributed by atoms with E-state index in [0.717, 1.165) is 58.8 Å². The molecule has 1 saturated carbocycles. The number of aliphatic hydroxyl groups excluding tert-OH is 2. The summed E-state index contributed by atoms with van der Waals surface area (Å²) in [6, 6.07) is 15.1. The number of aromatic hydroxyl groups is 1. The molecule has 63 heavy (non-hydrogen) atoms.